The molecule has 9 nitrogen and oxygen atoms in total. The molecule has 0 radical (unpaired) electrons. The first-order valence-electron chi connectivity index (χ1n) is 9.40. The Balaban J connectivity index is 1.85. The van der Waals surface area contributed by atoms with Crippen LogP contribution in [0.3, 0.4) is 0 Å². The number of likely N-dealkylation sites (tertiary alicyclic amines) is 1. The van der Waals surface area contributed by atoms with Crippen LogP contribution in [-0.4, -0.2) is 59.6 Å². The third-order valence-corrected chi connectivity index (χ3v) is 4.98. The van der Waals surface area contributed by atoms with Gasteiger partial charge in [0.25, 0.3) is 0 Å². The molecule has 28 heavy (non-hydrogen) atoms. The number of piperidine rings is 1. The van der Waals surface area contributed by atoms with Gasteiger partial charge in [-0.3, -0.25) is 10.1 Å². The highest BCUT2D eigenvalue weighted by atomic mass is 16.6. The number of hydrogen-bond acceptors (Lipinski definition) is 8. The van der Waals surface area contributed by atoms with Gasteiger partial charge in [0.15, 0.2) is 0 Å². The lowest BCUT2D eigenvalue weighted by Crippen LogP contribution is -2.42. The Morgan fingerprint density at radius 2 is 1.96 bits per heavy atom. The molecule has 1 N–H and O–H groups in total. The van der Waals surface area contributed by atoms with Crippen molar-refractivity contribution in [2.24, 2.45) is 0 Å². The van der Waals surface area contributed by atoms with Gasteiger partial charge in [-0.2, -0.15) is 0 Å². The number of nitro groups is 1. The Labute approximate surface area is 164 Å². The predicted molar refractivity (Wildman–Crippen MR) is 109 cm³/mol. The van der Waals surface area contributed by atoms with Crippen LogP contribution in [0.2, 0.25) is 0 Å². The van der Waals surface area contributed by atoms with E-state index < -0.39 is 4.92 Å². The number of hydrogen-bond donors (Lipinski definition) is 1. The van der Waals surface area contributed by atoms with Crippen molar-refractivity contribution in [3.8, 4) is 5.75 Å². The predicted octanol–water partition coefficient (Wildman–Crippen LogP) is 3.06. The van der Waals surface area contributed by atoms with Crippen LogP contribution < -0.4 is 15.0 Å². The van der Waals surface area contributed by atoms with E-state index >= 15 is 0 Å². The molecule has 1 fully saturated rings. The van der Waals surface area contributed by atoms with E-state index in [-0.39, 0.29) is 17.5 Å². The van der Waals surface area contributed by atoms with Gasteiger partial charge in [0, 0.05) is 18.8 Å². The summed E-state index contributed by atoms with van der Waals surface area (Å²) >= 11 is 0. The molecule has 1 saturated heterocycles. The quantitative estimate of drug-likeness (QED) is 0.573. The van der Waals surface area contributed by atoms with Gasteiger partial charge in [-0.1, -0.05) is 0 Å². The minimum Gasteiger partial charge on any atom is -0.494 e. The van der Waals surface area contributed by atoms with E-state index in [1.165, 1.54) is 6.33 Å². The summed E-state index contributed by atoms with van der Waals surface area (Å²) in [5.74, 6) is 1.26. The van der Waals surface area contributed by atoms with E-state index in [2.05, 4.69) is 27.2 Å². The normalized spacial score (nSPS) is 15.2. The topological polar surface area (TPSA) is 96.7 Å². The van der Waals surface area contributed by atoms with Crippen molar-refractivity contribution in [1.82, 2.24) is 14.9 Å². The molecule has 2 heterocycles. The summed E-state index contributed by atoms with van der Waals surface area (Å²) in [5, 5.41) is 14.9. The molecule has 0 aliphatic carbocycles. The number of rotatable bonds is 7. The van der Waals surface area contributed by atoms with Crippen molar-refractivity contribution in [2.75, 3.05) is 44.0 Å². The van der Waals surface area contributed by atoms with E-state index in [9.17, 15) is 10.1 Å². The Hall–Kier alpha value is -2.94. The van der Waals surface area contributed by atoms with Crippen molar-refractivity contribution in [3.05, 3.63) is 40.7 Å². The van der Waals surface area contributed by atoms with Crippen LogP contribution in [-0.2, 0) is 0 Å². The maximum Gasteiger partial charge on any atom is 0.353 e. The van der Waals surface area contributed by atoms with Gasteiger partial charge in [-0.15, -0.1) is 0 Å². The minimum atomic E-state index is -0.419. The summed E-state index contributed by atoms with van der Waals surface area (Å²) in [6.07, 6.45) is 3.25. The molecule has 9 heteroatoms. The fourth-order valence-corrected chi connectivity index (χ4v) is 3.38. The number of benzene rings is 1. The highest BCUT2D eigenvalue weighted by molar-refractivity contribution is 5.74. The fraction of sp³-hybridized carbons (Fsp3) is 0.474. The van der Waals surface area contributed by atoms with Crippen LogP contribution in [0.25, 0.3) is 0 Å². The molecule has 0 amide bonds. The van der Waals surface area contributed by atoms with Crippen LogP contribution in [0.15, 0.2) is 30.6 Å². The average molecular weight is 386 g/mol. The first kappa shape index (κ1) is 19.8. The van der Waals surface area contributed by atoms with Gasteiger partial charge in [0.05, 0.1) is 11.5 Å². The maximum absolute atomic E-state index is 11.8. The monoisotopic (exact) mass is 386 g/mol. The average Bonchev–Trinajstić information content (AvgIpc) is 2.69. The van der Waals surface area contributed by atoms with Crippen LogP contribution in [0.5, 0.6) is 5.75 Å². The number of aromatic nitrogens is 2. The lowest BCUT2D eigenvalue weighted by atomic mass is 10.0. The van der Waals surface area contributed by atoms with Crippen LogP contribution in [0.4, 0.5) is 23.0 Å². The number of nitrogens with one attached hydrogen (secondary N) is 1. The van der Waals surface area contributed by atoms with E-state index in [0.717, 1.165) is 31.7 Å². The molecule has 1 aliphatic rings. The summed E-state index contributed by atoms with van der Waals surface area (Å²) in [7, 11) is 3.95. The maximum atomic E-state index is 11.8. The molecule has 0 unspecified atom stereocenters. The molecule has 1 aromatic carbocycles. The third kappa shape index (κ3) is 4.48. The molecule has 1 aliphatic heterocycles. The SMILES string of the molecule is CCOc1ccc(Nc2ncnc(N(C)C3CCN(C)CC3)c2[N+](=O)[O-])cc1. The van der Waals surface area contributed by atoms with Gasteiger partial charge in [-0.25, -0.2) is 9.97 Å². The van der Waals surface area contributed by atoms with E-state index in [1.807, 2.05) is 31.0 Å². The largest absolute Gasteiger partial charge is 0.494 e. The first-order valence-corrected chi connectivity index (χ1v) is 9.40. The minimum absolute atomic E-state index is 0.113. The summed E-state index contributed by atoms with van der Waals surface area (Å²) < 4.78 is 5.43. The van der Waals surface area contributed by atoms with Gasteiger partial charge in [0.2, 0.25) is 11.6 Å². The Morgan fingerprint density at radius 3 is 2.57 bits per heavy atom. The second kappa shape index (κ2) is 8.83. The highest BCUT2D eigenvalue weighted by Crippen LogP contribution is 2.35. The molecule has 150 valence electrons. The zero-order valence-corrected chi connectivity index (χ0v) is 16.5. The van der Waals surface area contributed by atoms with Gasteiger partial charge in [-0.05, 0) is 64.2 Å². The van der Waals surface area contributed by atoms with E-state index in [0.29, 0.717) is 18.1 Å². The summed E-state index contributed by atoms with van der Waals surface area (Å²) in [4.78, 5) is 24.0. The zero-order chi connectivity index (χ0) is 20.1. The molecular weight excluding hydrogens is 360 g/mol. The zero-order valence-electron chi connectivity index (χ0n) is 16.5. The first-order chi connectivity index (χ1) is 13.5. The smallest absolute Gasteiger partial charge is 0.353 e. The van der Waals surface area contributed by atoms with Crippen LogP contribution in [0, 0.1) is 10.1 Å². The molecule has 0 spiro atoms. The Kier molecular flexibility index (Phi) is 6.25. The van der Waals surface area contributed by atoms with Crippen molar-refractivity contribution in [1.29, 1.82) is 0 Å². The second-order valence-corrected chi connectivity index (χ2v) is 6.88. The lowest BCUT2D eigenvalue weighted by molar-refractivity contribution is -0.383. The van der Waals surface area contributed by atoms with Crippen molar-refractivity contribution >= 4 is 23.0 Å². The van der Waals surface area contributed by atoms with E-state index in [1.54, 1.807) is 12.1 Å². The summed E-state index contributed by atoms with van der Waals surface area (Å²) in [6.45, 7) is 4.42. The second-order valence-electron chi connectivity index (χ2n) is 6.88. The summed E-state index contributed by atoms with van der Waals surface area (Å²) in [5.41, 5.74) is 0.580. The molecule has 1 aromatic heterocycles. The third-order valence-electron chi connectivity index (χ3n) is 4.98. The van der Waals surface area contributed by atoms with Crippen LogP contribution in [0.1, 0.15) is 19.8 Å². The molecule has 0 atom stereocenters. The number of anilines is 3. The van der Waals surface area contributed by atoms with Crippen molar-refractivity contribution < 1.29 is 9.66 Å². The Morgan fingerprint density at radius 1 is 1.29 bits per heavy atom. The molecule has 0 saturated carbocycles. The van der Waals surface area contributed by atoms with Gasteiger partial charge in [0.1, 0.15) is 12.1 Å². The van der Waals surface area contributed by atoms with Gasteiger partial charge < -0.3 is 19.9 Å². The molecule has 0 bridgehead atoms. The van der Waals surface area contributed by atoms with Gasteiger partial charge >= 0.3 is 5.69 Å². The molecule has 3 rings (SSSR count). The van der Waals surface area contributed by atoms with Crippen molar-refractivity contribution in [2.45, 2.75) is 25.8 Å². The molecular formula is C19H26N6O3. The Bertz CT molecular complexity index is 806. The fourth-order valence-electron chi connectivity index (χ4n) is 3.38. The number of nitrogens with zero attached hydrogens (tertiary/aromatic N) is 5. The standard InChI is InChI=1S/C19H26N6O3/c1-4-28-16-7-5-14(6-8-16)22-18-17(25(26)27)19(21-13-20-18)24(3)15-9-11-23(2)12-10-15/h5-8,13,15H,4,9-12H2,1-3H3,(H,20,21,22). The molecule has 2 aromatic rings. The summed E-state index contributed by atoms with van der Waals surface area (Å²) in [6, 6.07) is 7.44. The highest BCUT2D eigenvalue weighted by Gasteiger charge is 2.30. The number of ether oxygens (including phenoxy) is 1. The lowest BCUT2D eigenvalue weighted by Gasteiger charge is -2.35. The van der Waals surface area contributed by atoms with Crippen molar-refractivity contribution in [3.63, 3.8) is 0 Å². The van der Waals surface area contributed by atoms with E-state index in [4.69, 9.17) is 4.74 Å². The van der Waals surface area contributed by atoms with Crippen LogP contribution >= 0.6 is 0 Å².